The van der Waals surface area contributed by atoms with Crippen molar-refractivity contribution in [2.24, 2.45) is 0 Å². The number of fused-ring (bicyclic) bond motifs is 1. The summed E-state index contributed by atoms with van der Waals surface area (Å²) in [7, 11) is -2.10. The number of nitrogens with one attached hydrogen (secondary N) is 2. The molecule has 4 rings (SSSR count). The van der Waals surface area contributed by atoms with E-state index in [1.54, 1.807) is 12.1 Å². The molecule has 0 saturated carbocycles. The third kappa shape index (κ3) is 4.73. The maximum atomic E-state index is 12.6. The molecule has 0 saturated heterocycles. The van der Waals surface area contributed by atoms with Crippen LogP contribution in [0, 0.1) is 13.8 Å². The predicted octanol–water partition coefficient (Wildman–Crippen LogP) is 3.39. The van der Waals surface area contributed by atoms with Gasteiger partial charge >= 0.3 is 0 Å². The highest BCUT2D eigenvalue weighted by atomic mass is 32.2. The number of rotatable bonds is 9. The minimum atomic E-state index is -3.63. The summed E-state index contributed by atoms with van der Waals surface area (Å²) in [5.74, 6) is 1.92. The first kappa shape index (κ1) is 23.7. The maximum absolute atomic E-state index is 12.6. The van der Waals surface area contributed by atoms with E-state index in [1.807, 2.05) is 49.7 Å². The first-order chi connectivity index (χ1) is 16.3. The Kier molecular flexibility index (Phi) is 6.80. The molecule has 0 aliphatic rings. The molecule has 0 aliphatic carbocycles. The fourth-order valence-electron chi connectivity index (χ4n) is 3.69. The largest absolute Gasteiger partial charge is 0.497 e. The Morgan fingerprint density at radius 2 is 1.74 bits per heavy atom. The van der Waals surface area contributed by atoms with Crippen molar-refractivity contribution in [3.05, 3.63) is 65.6 Å². The fraction of sp³-hybridized carbons (Fsp3) is 0.292. The Morgan fingerprint density at radius 3 is 2.41 bits per heavy atom. The molecule has 0 unspecified atom stereocenters. The molecule has 10 heteroatoms. The number of para-hydroxylation sites is 1. The van der Waals surface area contributed by atoms with E-state index in [4.69, 9.17) is 14.8 Å². The van der Waals surface area contributed by atoms with Crippen LogP contribution in [0.4, 0.5) is 5.82 Å². The molecule has 0 fully saturated rings. The van der Waals surface area contributed by atoms with Gasteiger partial charge in [0.05, 0.1) is 28.8 Å². The van der Waals surface area contributed by atoms with E-state index < -0.39 is 10.0 Å². The molecule has 2 aromatic carbocycles. The van der Waals surface area contributed by atoms with Gasteiger partial charge in [-0.1, -0.05) is 25.1 Å². The number of nitrogens with zero attached hydrogens (tertiary/aromatic N) is 4. The topological polar surface area (TPSA) is 111 Å². The number of benzene rings is 2. The van der Waals surface area contributed by atoms with E-state index in [1.165, 1.54) is 19.2 Å². The zero-order chi connectivity index (χ0) is 24.3. The van der Waals surface area contributed by atoms with Gasteiger partial charge < -0.3 is 10.1 Å². The normalized spacial score (nSPS) is 11.6. The molecule has 34 heavy (non-hydrogen) atoms. The van der Waals surface area contributed by atoms with Gasteiger partial charge in [-0.15, -0.1) is 0 Å². The van der Waals surface area contributed by atoms with Gasteiger partial charge in [0.25, 0.3) is 0 Å². The minimum absolute atomic E-state index is 0.182. The van der Waals surface area contributed by atoms with Crippen molar-refractivity contribution in [2.45, 2.75) is 32.1 Å². The van der Waals surface area contributed by atoms with E-state index in [9.17, 15) is 8.42 Å². The van der Waals surface area contributed by atoms with E-state index in [0.29, 0.717) is 30.4 Å². The SMILES string of the molecule is CCc1nc(NCCNS(=O)(=O)c2ccc(OC)cc2)c2c(C)nn(-c3ccccc3C)c2n1. The minimum Gasteiger partial charge on any atom is -0.497 e. The maximum Gasteiger partial charge on any atom is 0.240 e. The molecule has 0 spiro atoms. The Labute approximate surface area is 199 Å². The van der Waals surface area contributed by atoms with Crippen LogP contribution in [0.25, 0.3) is 16.7 Å². The van der Waals surface area contributed by atoms with E-state index >= 15 is 0 Å². The van der Waals surface area contributed by atoms with Crippen LogP contribution in [0.15, 0.2) is 53.4 Å². The number of aromatic nitrogens is 4. The number of ether oxygens (including phenoxy) is 1. The molecule has 2 N–H and O–H groups in total. The van der Waals surface area contributed by atoms with Gasteiger partial charge in [-0.2, -0.15) is 5.10 Å². The third-order valence-corrected chi connectivity index (χ3v) is 6.96. The lowest BCUT2D eigenvalue weighted by Crippen LogP contribution is -2.29. The molecular formula is C24H28N6O3S. The zero-order valence-corrected chi connectivity index (χ0v) is 20.5. The van der Waals surface area contributed by atoms with Crippen LogP contribution in [0.2, 0.25) is 0 Å². The average Bonchev–Trinajstić information content (AvgIpc) is 3.18. The van der Waals surface area contributed by atoms with Crippen molar-refractivity contribution in [2.75, 3.05) is 25.5 Å². The Morgan fingerprint density at radius 1 is 1.00 bits per heavy atom. The Bertz CT molecular complexity index is 1410. The van der Waals surface area contributed by atoms with Crippen LogP contribution in [-0.4, -0.2) is 48.4 Å². The molecule has 2 heterocycles. The van der Waals surface area contributed by atoms with E-state index in [-0.39, 0.29) is 11.4 Å². The second kappa shape index (κ2) is 9.78. The van der Waals surface area contributed by atoms with E-state index in [2.05, 4.69) is 15.0 Å². The van der Waals surface area contributed by atoms with Crippen LogP contribution >= 0.6 is 0 Å². The number of methoxy groups -OCH3 is 1. The average molecular weight is 481 g/mol. The van der Waals surface area contributed by atoms with Crippen LogP contribution in [-0.2, 0) is 16.4 Å². The van der Waals surface area contributed by atoms with Gasteiger partial charge in [0, 0.05) is 19.5 Å². The summed E-state index contributed by atoms with van der Waals surface area (Å²) in [5, 5.41) is 8.82. The number of sulfonamides is 1. The summed E-state index contributed by atoms with van der Waals surface area (Å²) in [6.45, 7) is 6.49. The van der Waals surface area contributed by atoms with Gasteiger partial charge in [-0.05, 0) is 49.7 Å². The highest BCUT2D eigenvalue weighted by Crippen LogP contribution is 2.27. The molecular weight excluding hydrogens is 452 g/mol. The van der Waals surface area contributed by atoms with Crippen molar-refractivity contribution in [1.29, 1.82) is 0 Å². The van der Waals surface area contributed by atoms with Crippen molar-refractivity contribution in [1.82, 2.24) is 24.5 Å². The monoisotopic (exact) mass is 480 g/mol. The molecule has 0 amide bonds. The van der Waals surface area contributed by atoms with Crippen LogP contribution in [0.3, 0.4) is 0 Å². The standard InChI is InChI=1S/C24H28N6O3S/c1-5-21-27-23(25-14-15-26-34(31,32)19-12-10-18(33-4)11-13-19)22-17(3)29-30(24(22)28-21)20-9-7-6-8-16(20)2/h6-13,26H,5,14-15H2,1-4H3,(H,25,27,28). The van der Waals surface area contributed by atoms with Crippen LogP contribution in [0.1, 0.15) is 24.0 Å². The van der Waals surface area contributed by atoms with Crippen LogP contribution in [0.5, 0.6) is 5.75 Å². The molecule has 0 radical (unpaired) electrons. The number of hydrogen-bond donors (Lipinski definition) is 2. The Hall–Kier alpha value is -3.50. The molecule has 0 bridgehead atoms. The summed E-state index contributed by atoms with van der Waals surface area (Å²) >= 11 is 0. The van der Waals surface area contributed by atoms with Gasteiger partial charge in [0.1, 0.15) is 17.4 Å². The van der Waals surface area contributed by atoms with Crippen molar-refractivity contribution in [3.63, 3.8) is 0 Å². The second-order valence-corrected chi connectivity index (χ2v) is 9.59. The fourth-order valence-corrected chi connectivity index (χ4v) is 4.72. The van der Waals surface area contributed by atoms with E-state index in [0.717, 1.165) is 28.0 Å². The lowest BCUT2D eigenvalue weighted by Gasteiger charge is -2.11. The van der Waals surface area contributed by atoms with Crippen molar-refractivity contribution < 1.29 is 13.2 Å². The van der Waals surface area contributed by atoms with Crippen LogP contribution < -0.4 is 14.8 Å². The van der Waals surface area contributed by atoms with Crippen molar-refractivity contribution >= 4 is 26.9 Å². The molecule has 178 valence electrons. The quantitative estimate of drug-likeness (QED) is 0.353. The summed E-state index contributed by atoms with van der Waals surface area (Å²) in [6.07, 6.45) is 0.659. The first-order valence-electron chi connectivity index (χ1n) is 11.0. The number of hydrogen-bond acceptors (Lipinski definition) is 7. The van der Waals surface area contributed by atoms with Gasteiger partial charge in [-0.25, -0.2) is 27.8 Å². The predicted molar refractivity (Wildman–Crippen MR) is 132 cm³/mol. The summed E-state index contributed by atoms with van der Waals surface area (Å²) in [5.41, 5.74) is 3.56. The summed E-state index contributed by atoms with van der Waals surface area (Å²) in [4.78, 5) is 9.58. The molecule has 9 nitrogen and oxygen atoms in total. The molecule has 0 atom stereocenters. The number of anilines is 1. The highest BCUT2D eigenvalue weighted by Gasteiger charge is 2.18. The second-order valence-electron chi connectivity index (χ2n) is 7.82. The van der Waals surface area contributed by atoms with Crippen molar-refractivity contribution in [3.8, 4) is 11.4 Å². The Balaban J connectivity index is 1.55. The molecule has 2 aromatic heterocycles. The van der Waals surface area contributed by atoms with Gasteiger partial charge in [0.15, 0.2) is 5.65 Å². The highest BCUT2D eigenvalue weighted by molar-refractivity contribution is 7.89. The van der Waals surface area contributed by atoms with Gasteiger partial charge in [-0.3, -0.25) is 0 Å². The number of aryl methyl sites for hydroxylation is 3. The lowest BCUT2D eigenvalue weighted by atomic mass is 10.2. The first-order valence-corrected chi connectivity index (χ1v) is 12.5. The zero-order valence-electron chi connectivity index (χ0n) is 19.7. The summed E-state index contributed by atoms with van der Waals surface area (Å²) in [6, 6.07) is 14.3. The smallest absolute Gasteiger partial charge is 0.240 e. The summed E-state index contributed by atoms with van der Waals surface area (Å²) < 4.78 is 34.7. The third-order valence-electron chi connectivity index (χ3n) is 5.49. The van der Waals surface area contributed by atoms with Gasteiger partial charge in [0.2, 0.25) is 10.0 Å². The molecule has 4 aromatic rings. The molecule has 0 aliphatic heterocycles. The lowest BCUT2D eigenvalue weighted by molar-refractivity contribution is 0.414.